The lowest BCUT2D eigenvalue weighted by Crippen LogP contribution is -2.19. The van der Waals surface area contributed by atoms with Gasteiger partial charge in [-0.25, -0.2) is 8.78 Å². The zero-order valence-corrected chi connectivity index (χ0v) is 18.8. The Hall–Kier alpha value is -4.33. The molecule has 0 radical (unpaired) electrons. The molecule has 0 atom stereocenters. The van der Waals surface area contributed by atoms with Crippen LogP contribution in [0.4, 0.5) is 20.3 Å². The highest BCUT2D eigenvalue weighted by atomic mass is 19.1. The predicted octanol–water partition coefficient (Wildman–Crippen LogP) is 5.63. The number of pyridine rings is 2. The summed E-state index contributed by atoms with van der Waals surface area (Å²) < 4.78 is 29.9. The normalized spacial score (nSPS) is 11.2. The number of nitrogens with zero attached hydrogens (tertiary/aromatic N) is 3. The molecule has 0 saturated carbocycles. The second-order valence-electron chi connectivity index (χ2n) is 8.22. The molecular weight excluding hydrogens is 436 g/mol. The van der Waals surface area contributed by atoms with Crippen molar-refractivity contribution in [2.45, 2.75) is 13.8 Å². The van der Waals surface area contributed by atoms with E-state index in [4.69, 9.17) is 0 Å². The van der Waals surface area contributed by atoms with Crippen LogP contribution in [0.25, 0.3) is 33.3 Å². The zero-order chi connectivity index (χ0) is 24.0. The molecule has 0 aliphatic heterocycles. The summed E-state index contributed by atoms with van der Waals surface area (Å²) in [6.45, 7) is 3.82. The Kier molecular flexibility index (Phi) is 5.20. The molecule has 34 heavy (non-hydrogen) atoms. The molecule has 8 heteroatoms. The molecule has 0 fully saturated rings. The van der Waals surface area contributed by atoms with Crippen LogP contribution in [-0.4, -0.2) is 19.7 Å². The number of fused-ring (bicyclic) bond motifs is 1. The van der Waals surface area contributed by atoms with Gasteiger partial charge in [-0.1, -0.05) is 12.1 Å². The van der Waals surface area contributed by atoms with Crippen molar-refractivity contribution in [3.63, 3.8) is 0 Å². The average Bonchev–Trinajstić information content (AvgIpc) is 3.26. The maximum Gasteiger partial charge on any atom is 0.258 e. The van der Waals surface area contributed by atoms with Gasteiger partial charge in [-0.15, -0.1) is 0 Å². The van der Waals surface area contributed by atoms with Gasteiger partial charge >= 0.3 is 0 Å². The first-order valence-electron chi connectivity index (χ1n) is 10.7. The van der Waals surface area contributed by atoms with Crippen LogP contribution in [0, 0.1) is 25.5 Å². The third-order valence-electron chi connectivity index (χ3n) is 5.85. The van der Waals surface area contributed by atoms with Crippen LogP contribution in [-0.2, 0) is 7.05 Å². The number of benzene rings is 2. The number of hydrogen-bond acceptors (Lipinski definition) is 4. The summed E-state index contributed by atoms with van der Waals surface area (Å²) in [5.74, 6) is -0.965. The molecule has 0 saturated heterocycles. The van der Waals surface area contributed by atoms with Crippen LogP contribution in [0.1, 0.15) is 11.3 Å². The van der Waals surface area contributed by atoms with Gasteiger partial charge in [-0.3, -0.25) is 14.9 Å². The van der Waals surface area contributed by atoms with Crippen molar-refractivity contribution in [3.05, 3.63) is 94.0 Å². The van der Waals surface area contributed by atoms with Crippen molar-refractivity contribution in [2.75, 3.05) is 5.32 Å². The highest BCUT2D eigenvalue weighted by Crippen LogP contribution is 2.30. The lowest BCUT2D eigenvalue weighted by Gasteiger charge is -2.13. The van der Waals surface area contributed by atoms with E-state index in [0.717, 1.165) is 27.7 Å². The van der Waals surface area contributed by atoms with Crippen molar-refractivity contribution in [1.29, 1.82) is 0 Å². The van der Waals surface area contributed by atoms with Gasteiger partial charge in [0.25, 0.3) is 5.56 Å². The molecule has 2 aromatic carbocycles. The SMILES string of the molecule is Cc1cc2c(cn1)cc(-c1cc(Nc3cc(-c4c(F)cccc4F)[nH]n3)ccc1C)c(=O)n2C. The summed E-state index contributed by atoms with van der Waals surface area (Å²) in [6.07, 6.45) is 1.76. The van der Waals surface area contributed by atoms with Crippen LogP contribution in [0.15, 0.2) is 65.6 Å². The van der Waals surface area contributed by atoms with Crippen LogP contribution >= 0.6 is 0 Å². The van der Waals surface area contributed by atoms with Gasteiger partial charge in [0.05, 0.1) is 16.8 Å². The Bertz CT molecular complexity index is 1600. The minimum atomic E-state index is -0.676. The summed E-state index contributed by atoms with van der Waals surface area (Å²) in [6, 6.07) is 14.6. The molecule has 5 rings (SSSR count). The quantitative estimate of drug-likeness (QED) is 0.367. The Balaban J connectivity index is 1.53. The second-order valence-corrected chi connectivity index (χ2v) is 8.22. The molecule has 3 aromatic heterocycles. The molecule has 5 aromatic rings. The molecule has 0 spiro atoms. The molecule has 0 bridgehead atoms. The number of H-pyrrole nitrogens is 1. The van der Waals surface area contributed by atoms with Crippen LogP contribution in [0.3, 0.4) is 0 Å². The van der Waals surface area contributed by atoms with Crippen molar-refractivity contribution in [2.24, 2.45) is 7.05 Å². The molecule has 6 nitrogen and oxygen atoms in total. The lowest BCUT2D eigenvalue weighted by molar-refractivity contribution is 0.588. The number of hydrogen-bond donors (Lipinski definition) is 2. The fourth-order valence-electron chi connectivity index (χ4n) is 4.06. The van der Waals surface area contributed by atoms with Crippen molar-refractivity contribution >= 4 is 22.4 Å². The van der Waals surface area contributed by atoms with E-state index in [9.17, 15) is 13.6 Å². The Morgan fingerprint density at radius 3 is 2.50 bits per heavy atom. The topological polar surface area (TPSA) is 75.6 Å². The molecular formula is C26H21F2N5O. The van der Waals surface area contributed by atoms with E-state index < -0.39 is 11.6 Å². The molecule has 0 unspecified atom stereocenters. The van der Waals surface area contributed by atoms with Crippen molar-refractivity contribution in [3.8, 4) is 22.4 Å². The highest BCUT2D eigenvalue weighted by molar-refractivity contribution is 5.85. The first kappa shape index (κ1) is 21.5. The molecule has 0 amide bonds. The van der Waals surface area contributed by atoms with Gasteiger partial charge in [-0.05, 0) is 61.4 Å². The molecule has 0 aliphatic rings. The van der Waals surface area contributed by atoms with Gasteiger partial charge in [-0.2, -0.15) is 5.10 Å². The maximum absolute atomic E-state index is 14.1. The molecule has 2 N–H and O–H groups in total. The maximum atomic E-state index is 14.1. The second kappa shape index (κ2) is 8.22. The molecule has 3 heterocycles. The van der Waals surface area contributed by atoms with Gasteiger partial charge in [0, 0.05) is 41.6 Å². The monoisotopic (exact) mass is 457 g/mol. The van der Waals surface area contributed by atoms with Crippen molar-refractivity contribution < 1.29 is 8.78 Å². The summed E-state index contributed by atoms with van der Waals surface area (Å²) in [5.41, 5.74) is 4.52. The zero-order valence-electron chi connectivity index (χ0n) is 18.8. The van der Waals surface area contributed by atoms with E-state index in [-0.39, 0.29) is 16.8 Å². The number of nitrogens with one attached hydrogen (secondary N) is 2. The lowest BCUT2D eigenvalue weighted by atomic mass is 9.99. The number of rotatable bonds is 4. The van der Waals surface area contributed by atoms with E-state index in [0.29, 0.717) is 17.1 Å². The molecule has 170 valence electrons. The highest BCUT2D eigenvalue weighted by Gasteiger charge is 2.15. The van der Waals surface area contributed by atoms with Crippen LogP contribution in [0.2, 0.25) is 0 Å². The summed E-state index contributed by atoms with van der Waals surface area (Å²) in [7, 11) is 1.75. The summed E-state index contributed by atoms with van der Waals surface area (Å²) in [5, 5.41) is 10.8. The minimum absolute atomic E-state index is 0.115. The standard InChI is InChI=1S/C26H21F2N5O/c1-14-7-8-17(30-24-12-22(31-32-24)25-20(27)5-4-6-21(25)28)11-18(14)19-10-16-13-29-15(2)9-23(16)33(3)26(19)34/h4-13H,1-3H3,(H2,30,31,32). The summed E-state index contributed by atoms with van der Waals surface area (Å²) >= 11 is 0. The third-order valence-corrected chi connectivity index (χ3v) is 5.85. The smallest absolute Gasteiger partial charge is 0.258 e. The van der Waals surface area contributed by atoms with Gasteiger partial charge in [0.2, 0.25) is 0 Å². The van der Waals surface area contributed by atoms with E-state index in [1.54, 1.807) is 17.8 Å². The number of halogens is 2. The first-order chi connectivity index (χ1) is 16.3. The average molecular weight is 457 g/mol. The van der Waals surface area contributed by atoms with Gasteiger partial charge in [0.1, 0.15) is 11.6 Å². The largest absolute Gasteiger partial charge is 0.339 e. The number of aryl methyl sites for hydroxylation is 3. The van der Waals surface area contributed by atoms with Crippen LogP contribution in [0.5, 0.6) is 0 Å². The molecule has 0 aliphatic carbocycles. The number of aromatic amines is 1. The predicted molar refractivity (Wildman–Crippen MR) is 129 cm³/mol. The van der Waals surface area contributed by atoms with E-state index in [1.165, 1.54) is 24.3 Å². The van der Waals surface area contributed by atoms with Gasteiger partial charge in [0.15, 0.2) is 5.82 Å². The first-order valence-corrected chi connectivity index (χ1v) is 10.7. The minimum Gasteiger partial charge on any atom is -0.339 e. The Labute approximate surface area is 193 Å². The number of anilines is 2. The fourth-order valence-corrected chi connectivity index (χ4v) is 4.06. The van der Waals surface area contributed by atoms with Gasteiger partial charge < -0.3 is 9.88 Å². The third kappa shape index (κ3) is 3.73. The fraction of sp³-hybridized carbons (Fsp3) is 0.115. The summed E-state index contributed by atoms with van der Waals surface area (Å²) in [4.78, 5) is 17.5. The van der Waals surface area contributed by atoms with E-state index >= 15 is 0 Å². The van der Waals surface area contributed by atoms with Crippen LogP contribution < -0.4 is 10.9 Å². The number of aromatic nitrogens is 4. The van der Waals surface area contributed by atoms with E-state index in [1.807, 2.05) is 44.2 Å². The van der Waals surface area contributed by atoms with E-state index in [2.05, 4.69) is 20.5 Å². The Morgan fingerprint density at radius 1 is 0.971 bits per heavy atom. The van der Waals surface area contributed by atoms with Crippen molar-refractivity contribution in [1.82, 2.24) is 19.7 Å². The Morgan fingerprint density at radius 2 is 1.74 bits per heavy atom.